The Kier molecular flexibility index (Phi) is 6.55. The van der Waals surface area contributed by atoms with Crippen LogP contribution in [0.25, 0.3) is 0 Å². The molecule has 0 bridgehead atoms. The summed E-state index contributed by atoms with van der Waals surface area (Å²) in [6.07, 6.45) is 5.46. The summed E-state index contributed by atoms with van der Waals surface area (Å²) in [6.45, 7) is 0.589. The smallest absolute Gasteiger partial charge is 0.160 e. The number of benzene rings is 1. The van der Waals surface area contributed by atoms with Gasteiger partial charge in [-0.25, -0.2) is 4.39 Å². The molecule has 0 saturated heterocycles. The van der Waals surface area contributed by atoms with Crippen molar-refractivity contribution in [2.45, 2.75) is 44.3 Å². The van der Waals surface area contributed by atoms with Gasteiger partial charge in [0.2, 0.25) is 0 Å². The number of hydrogen-bond donors (Lipinski definition) is 2. The van der Waals surface area contributed by atoms with Crippen LogP contribution >= 0.6 is 23.2 Å². The minimum atomic E-state index is -0.634. The molecule has 118 valence electrons. The fourth-order valence-corrected chi connectivity index (χ4v) is 2.92. The molecule has 2 rings (SSSR count). The summed E-state index contributed by atoms with van der Waals surface area (Å²) in [4.78, 5) is 0. The molecule has 6 heteroatoms. The molecule has 0 aromatic heterocycles. The summed E-state index contributed by atoms with van der Waals surface area (Å²) in [5.41, 5.74) is 0.572. The number of rotatable bonds is 6. The summed E-state index contributed by atoms with van der Waals surface area (Å²) >= 11 is 11.4. The molecular formula is C15H20Cl2FNO2. The maximum Gasteiger partial charge on any atom is 0.160 e. The second-order valence-electron chi connectivity index (χ2n) is 5.38. The van der Waals surface area contributed by atoms with Gasteiger partial charge in [0.25, 0.3) is 0 Å². The molecule has 0 aliphatic heterocycles. The fraction of sp³-hybridized carbons (Fsp3) is 0.600. The number of halogens is 3. The zero-order chi connectivity index (χ0) is 15.2. The van der Waals surface area contributed by atoms with Crippen molar-refractivity contribution in [3.63, 3.8) is 0 Å². The topological polar surface area (TPSA) is 41.5 Å². The Hall–Kier alpha value is -0.550. The van der Waals surface area contributed by atoms with Gasteiger partial charge in [-0.1, -0.05) is 42.5 Å². The van der Waals surface area contributed by atoms with E-state index in [1.54, 1.807) is 0 Å². The Bertz CT molecular complexity index is 444. The lowest BCUT2D eigenvalue weighted by Gasteiger charge is -2.23. The lowest BCUT2D eigenvalue weighted by Crippen LogP contribution is -2.28. The predicted molar refractivity (Wildman–Crippen MR) is 83.7 cm³/mol. The van der Waals surface area contributed by atoms with Gasteiger partial charge >= 0.3 is 0 Å². The molecular weight excluding hydrogens is 316 g/mol. The third-order valence-corrected chi connectivity index (χ3v) is 4.15. The van der Waals surface area contributed by atoms with Gasteiger partial charge in [0.05, 0.1) is 28.9 Å². The minimum Gasteiger partial charge on any atom is -0.389 e. The molecule has 0 spiro atoms. The maximum absolute atomic E-state index is 13.3. The second kappa shape index (κ2) is 8.18. The van der Waals surface area contributed by atoms with Crippen LogP contribution in [-0.2, 0) is 4.74 Å². The molecule has 1 saturated carbocycles. The van der Waals surface area contributed by atoms with Crippen LogP contribution in [0.15, 0.2) is 12.1 Å². The quantitative estimate of drug-likeness (QED) is 0.763. The Labute approximate surface area is 134 Å². The third-order valence-electron chi connectivity index (χ3n) is 3.60. The summed E-state index contributed by atoms with van der Waals surface area (Å²) < 4.78 is 19.0. The Balaban J connectivity index is 1.74. The van der Waals surface area contributed by atoms with E-state index in [4.69, 9.17) is 27.9 Å². The van der Waals surface area contributed by atoms with E-state index >= 15 is 0 Å². The van der Waals surface area contributed by atoms with Crippen molar-refractivity contribution in [1.29, 1.82) is 0 Å². The van der Waals surface area contributed by atoms with Gasteiger partial charge in [0.1, 0.15) is 0 Å². The van der Waals surface area contributed by atoms with Crippen molar-refractivity contribution in [2.24, 2.45) is 0 Å². The molecule has 1 aromatic rings. The van der Waals surface area contributed by atoms with E-state index < -0.39 is 11.9 Å². The Morgan fingerprint density at radius 1 is 1.24 bits per heavy atom. The fourth-order valence-electron chi connectivity index (χ4n) is 2.43. The highest BCUT2D eigenvalue weighted by Gasteiger charge is 2.15. The highest BCUT2D eigenvalue weighted by Crippen LogP contribution is 2.27. The van der Waals surface area contributed by atoms with Gasteiger partial charge < -0.3 is 15.2 Å². The molecule has 2 N–H and O–H groups in total. The normalized spacial score (nSPS) is 17.7. The molecule has 1 aliphatic rings. The van der Waals surface area contributed by atoms with Crippen LogP contribution in [-0.4, -0.2) is 30.5 Å². The Morgan fingerprint density at radius 2 is 1.86 bits per heavy atom. The van der Waals surface area contributed by atoms with Crippen molar-refractivity contribution in [3.05, 3.63) is 28.0 Å². The van der Waals surface area contributed by atoms with Crippen LogP contribution in [0.2, 0.25) is 10.0 Å². The van der Waals surface area contributed by atoms with Crippen LogP contribution in [0.4, 0.5) is 10.1 Å². The largest absolute Gasteiger partial charge is 0.389 e. The standard InChI is InChI=1S/C15H20Cl2FNO2/c16-13-6-10(7-14(17)15(13)18)19-8-11(20)9-21-12-4-2-1-3-5-12/h6-7,11-12,19-20H,1-5,8-9H2. The van der Waals surface area contributed by atoms with Gasteiger partial charge in [0, 0.05) is 12.2 Å². The molecule has 1 aromatic carbocycles. The molecule has 0 heterocycles. The van der Waals surface area contributed by atoms with E-state index in [9.17, 15) is 9.50 Å². The SMILES string of the molecule is OC(CNc1cc(Cl)c(F)c(Cl)c1)COC1CCCCC1. The number of aliphatic hydroxyl groups excluding tert-OH is 1. The third kappa shape index (κ3) is 5.29. The molecule has 1 aliphatic carbocycles. The first-order valence-electron chi connectivity index (χ1n) is 7.24. The van der Waals surface area contributed by atoms with E-state index in [1.807, 2.05) is 0 Å². The zero-order valence-corrected chi connectivity index (χ0v) is 13.3. The first kappa shape index (κ1) is 16.8. The first-order valence-corrected chi connectivity index (χ1v) is 8.00. The summed E-state index contributed by atoms with van der Waals surface area (Å²) in [7, 11) is 0. The predicted octanol–water partition coefficient (Wildman–Crippen LogP) is 4.25. The van der Waals surface area contributed by atoms with Crippen molar-refractivity contribution in [1.82, 2.24) is 0 Å². The van der Waals surface area contributed by atoms with Crippen LogP contribution in [0, 0.1) is 5.82 Å². The van der Waals surface area contributed by atoms with E-state index in [2.05, 4.69) is 5.32 Å². The van der Waals surface area contributed by atoms with E-state index in [0.29, 0.717) is 18.8 Å². The summed E-state index contributed by atoms with van der Waals surface area (Å²) in [5, 5.41) is 12.8. The van der Waals surface area contributed by atoms with E-state index in [1.165, 1.54) is 31.4 Å². The number of anilines is 1. The summed E-state index contributed by atoms with van der Waals surface area (Å²) in [6, 6.07) is 2.88. The van der Waals surface area contributed by atoms with Crippen molar-refractivity contribution >= 4 is 28.9 Å². The van der Waals surface area contributed by atoms with Gasteiger partial charge in [-0.05, 0) is 25.0 Å². The Morgan fingerprint density at radius 3 is 2.48 bits per heavy atom. The average Bonchev–Trinajstić information content (AvgIpc) is 2.49. The van der Waals surface area contributed by atoms with Gasteiger partial charge in [0.15, 0.2) is 5.82 Å². The lowest BCUT2D eigenvalue weighted by atomic mass is 9.98. The van der Waals surface area contributed by atoms with Gasteiger partial charge in [-0.2, -0.15) is 0 Å². The average molecular weight is 336 g/mol. The molecule has 21 heavy (non-hydrogen) atoms. The molecule has 1 atom stereocenters. The molecule has 0 radical (unpaired) electrons. The van der Waals surface area contributed by atoms with Crippen LogP contribution in [0.5, 0.6) is 0 Å². The number of ether oxygens (including phenoxy) is 1. The lowest BCUT2D eigenvalue weighted by molar-refractivity contribution is -0.0195. The molecule has 1 unspecified atom stereocenters. The van der Waals surface area contributed by atoms with Crippen LogP contribution in [0.1, 0.15) is 32.1 Å². The second-order valence-corrected chi connectivity index (χ2v) is 6.20. The van der Waals surface area contributed by atoms with Crippen LogP contribution < -0.4 is 5.32 Å². The van der Waals surface area contributed by atoms with Crippen molar-refractivity contribution in [3.8, 4) is 0 Å². The summed E-state index contributed by atoms with van der Waals surface area (Å²) in [5.74, 6) is -0.634. The maximum atomic E-state index is 13.3. The highest BCUT2D eigenvalue weighted by atomic mass is 35.5. The van der Waals surface area contributed by atoms with Gasteiger partial charge in [-0.15, -0.1) is 0 Å². The number of aliphatic hydroxyl groups is 1. The number of nitrogens with one attached hydrogen (secondary N) is 1. The van der Waals surface area contributed by atoms with Crippen molar-refractivity contribution < 1.29 is 14.2 Å². The van der Waals surface area contributed by atoms with Crippen LogP contribution in [0.3, 0.4) is 0 Å². The minimum absolute atomic E-state index is 0.0436. The highest BCUT2D eigenvalue weighted by molar-refractivity contribution is 6.35. The molecule has 3 nitrogen and oxygen atoms in total. The zero-order valence-electron chi connectivity index (χ0n) is 11.7. The number of hydrogen-bond acceptors (Lipinski definition) is 3. The molecule has 0 amide bonds. The molecule has 1 fully saturated rings. The monoisotopic (exact) mass is 335 g/mol. The van der Waals surface area contributed by atoms with Crippen molar-refractivity contribution in [2.75, 3.05) is 18.5 Å². The van der Waals surface area contributed by atoms with Gasteiger partial charge in [-0.3, -0.25) is 0 Å². The first-order chi connectivity index (χ1) is 10.1. The van der Waals surface area contributed by atoms with E-state index in [0.717, 1.165) is 12.8 Å². The van der Waals surface area contributed by atoms with E-state index in [-0.39, 0.29) is 16.1 Å².